The summed E-state index contributed by atoms with van der Waals surface area (Å²) in [4.78, 5) is 36.2. The van der Waals surface area contributed by atoms with Crippen LogP contribution >= 0.6 is 0 Å². The quantitative estimate of drug-likeness (QED) is 0.392. The molecular weight excluding hydrogens is 405 g/mol. The monoisotopic (exact) mass is 425 g/mol. The summed E-state index contributed by atoms with van der Waals surface area (Å²) in [6.07, 6.45) is -0.201. The van der Waals surface area contributed by atoms with E-state index < -0.39 is 11.8 Å². The van der Waals surface area contributed by atoms with Gasteiger partial charge in [0.2, 0.25) is 11.9 Å². The molecule has 0 atom stereocenters. The molecule has 0 amide bonds. The van der Waals surface area contributed by atoms with E-state index in [1.54, 1.807) is 12.1 Å². The molecule has 0 bridgehead atoms. The largest absolute Gasteiger partial charge is 0.495 e. The molecular formula is C21H20FN5O4. The standard InChI is InChI=1S/C21H20FN5O4/c1-30-17-5-3-2-4-15(17)24-21-26-18(25-20(23)27-21)12-31-19(29)11-10-16(28)13-6-8-14(22)9-7-13/h2-9H,10-12H2,1H3,(H3,23,24,25,26,27). The zero-order valence-electron chi connectivity index (χ0n) is 16.7. The molecule has 160 valence electrons. The first-order valence-corrected chi connectivity index (χ1v) is 9.29. The van der Waals surface area contributed by atoms with Crippen molar-refractivity contribution in [3.63, 3.8) is 0 Å². The van der Waals surface area contributed by atoms with Crippen molar-refractivity contribution in [3.05, 3.63) is 65.7 Å². The van der Waals surface area contributed by atoms with Gasteiger partial charge in [-0.25, -0.2) is 4.39 Å². The van der Waals surface area contributed by atoms with E-state index in [0.29, 0.717) is 17.0 Å². The number of rotatable bonds is 9. The van der Waals surface area contributed by atoms with Crippen molar-refractivity contribution < 1.29 is 23.5 Å². The van der Waals surface area contributed by atoms with Crippen LogP contribution in [0.2, 0.25) is 0 Å². The van der Waals surface area contributed by atoms with E-state index in [1.165, 1.54) is 31.4 Å². The van der Waals surface area contributed by atoms with Gasteiger partial charge in [-0.1, -0.05) is 12.1 Å². The van der Waals surface area contributed by atoms with Crippen molar-refractivity contribution >= 4 is 29.3 Å². The minimum absolute atomic E-state index is 0.0510. The average molecular weight is 425 g/mol. The number of esters is 1. The van der Waals surface area contributed by atoms with Crippen molar-refractivity contribution in [1.29, 1.82) is 0 Å². The number of halogens is 1. The van der Waals surface area contributed by atoms with E-state index in [1.807, 2.05) is 12.1 Å². The fourth-order valence-corrected chi connectivity index (χ4v) is 2.64. The second-order valence-corrected chi connectivity index (χ2v) is 6.35. The maximum absolute atomic E-state index is 12.9. The molecule has 0 saturated carbocycles. The lowest BCUT2D eigenvalue weighted by molar-refractivity contribution is -0.145. The van der Waals surface area contributed by atoms with E-state index in [2.05, 4.69) is 20.3 Å². The van der Waals surface area contributed by atoms with Gasteiger partial charge in [0.05, 0.1) is 19.2 Å². The molecule has 0 saturated heterocycles. The van der Waals surface area contributed by atoms with Crippen molar-refractivity contribution in [2.75, 3.05) is 18.2 Å². The van der Waals surface area contributed by atoms with Gasteiger partial charge >= 0.3 is 5.97 Å². The number of carbonyl (C=O) groups excluding carboxylic acids is 2. The number of Topliss-reactive ketones (excluding diaryl/α,β-unsaturated/α-hetero) is 1. The number of hydrogen-bond acceptors (Lipinski definition) is 9. The molecule has 0 unspecified atom stereocenters. The minimum atomic E-state index is -0.603. The maximum atomic E-state index is 12.9. The number of hydrogen-bond donors (Lipinski definition) is 2. The lowest BCUT2D eigenvalue weighted by Gasteiger charge is -2.11. The van der Waals surface area contributed by atoms with Crippen LogP contribution in [0.15, 0.2) is 48.5 Å². The van der Waals surface area contributed by atoms with Crippen LogP contribution in [0.1, 0.15) is 29.0 Å². The zero-order valence-corrected chi connectivity index (χ0v) is 16.7. The van der Waals surface area contributed by atoms with E-state index >= 15 is 0 Å². The smallest absolute Gasteiger partial charge is 0.306 e. The predicted molar refractivity (Wildman–Crippen MR) is 110 cm³/mol. The lowest BCUT2D eigenvalue weighted by Crippen LogP contribution is -2.12. The van der Waals surface area contributed by atoms with Crippen LogP contribution in [-0.4, -0.2) is 33.8 Å². The molecule has 0 spiro atoms. The molecule has 0 fully saturated rings. The number of nitrogens with one attached hydrogen (secondary N) is 1. The van der Waals surface area contributed by atoms with Gasteiger partial charge in [0, 0.05) is 12.0 Å². The maximum Gasteiger partial charge on any atom is 0.306 e. The third-order valence-electron chi connectivity index (χ3n) is 4.14. The highest BCUT2D eigenvalue weighted by atomic mass is 19.1. The Labute approximate surface area is 177 Å². The van der Waals surface area contributed by atoms with Gasteiger partial charge in [-0.2, -0.15) is 15.0 Å². The first-order valence-electron chi connectivity index (χ1n) is 9.29. The average Bonchev–Trinajstić information content (AvgIpc) is 2.76. The summed E-state index contributed by atoms with van der Waals surface area (Å²) in [7, 11) is 1.54. The Bertz CT molecular complexity index is 1080. The third-order valence-corrected chi connectivity index (χ3v) is 4.14. The molecule has 0 aliphatic heterocycles. The molecule has 10 heteroatoms. The molecule has 9 nitrogen and oxygen atoms in total. The number of nitrogens with two attached hydrogens (primary N) is 1. The van der Waals surface area contributed by atoms with Crippen LogP contribution in [0.3, 0.4) is 0 Å². The van der Waals surface area contributed by atoms with Crippen molar-refractivity contribution in [1.82, 2.24) is 15.0 Å². The number of methoxy groups -OCH3 is 1. The van der Waals surface area contributed by atoms with Gasteiger partial charge < -0.3 is 20.5 Å². The fourth-order valence-electron chi connectivity index (χ4n) is 2.64. The van der Waals surface area contributed by atoms with E-state index in [0.717, 1.165) is 0 Å². The molecule has 0 radical (unpaired) electrons. The number of aromatic nitrogens is 3. The van der Waals surface area contributed by atoms with Gasteiger partial charge in [0.1, 0.15) is 11.6 Å². The number of ether oxygens (including phenoxy) is 2. The van der Waals surface area contributed by atoms with Crippen molar-refractivity contribution in [2.45, 2.75) is 19.4 Å². The summed E-state index contributed by atoms with van der Waals surface area (Å²) in [5.74, 6) is -0.492. The molecule has 2 aromatic carbocycles. The van der Waals surface area contributed by atoms with Gasteiger partial charge in [0.15, 0.2) is 18.2 Å². The summed E-state index contributed by atoms with van der Waals surface area (Å²) in [5.41, 5.74) is 6.67. The molecule has 1 heterocycles. The number of anilines is 3. The summed E-state index contributed by atoms with van der Waals surface area (Å²) in [5, 5.41) is 2.98. The van der Waals surface area contributed by atoms with Crippen LogP contribution in [0.25, 0.3) is 0 Å². The van der Waals surface area contributed by atoms with Crippen LogP contribution < -0.4 is 15.8 Å². The van der Waals surface area contributed by atoms with Gasteiger partial charge in [-0.05, 0) is 36.4 Å². The van der Waals surface area contributed by atoms with Crippen molar-refractivity contribution in [3.8, 4) is 5.75 Å². The molecule has 0 aliphatic rings. The Morgan fingerprint density at radius 2 is 1.77 bits per heavy atom. The Kier molecular flexibility index (Phi) is 7.05. The summed E-state index contributed by atoms with van der Waals surface area (Å²) in [6.45, 7) is -0.239. The Morgan fingerprint density at radius 1 is 1.03 bits per heavy atom. The van der Waals surface area contributed by atoms with E-state index in [9.17, 15) is 14.0 Å². The number of nitrogens with zero attached hydrogens (tertiary/aromatic N) is 3. The van der Waals surface area contributed by atoms with Crippen LogP contribution in [0.4, 0.5) is 22.0 Å². The highest BCUT2D eigenvalue weighted by Crippen LogP contribution is 2.25. The van der Waals surface area contributed by atoms with Crippen LogP contribution in [0.5, 0.6) is 5.75 Å². The number of benzene rings is 2. The normalized spacial score (nSPS) is 10.4. The first-order chi connectivity index (χ1) is 14.9. The van der Waals surface area contributed by atoms with E-state index in [4.69, 9.17) is 15.2 Å². The Hall–Kier alpha value is -4.08. The number of ketones is 1. The molecule has 1 aromatic heterocycles. The van der Waals surface area contributed by atoms with E-state index in [-0.39, 0.29) is 43.0 Å². The lowest BCUT2D eigenvalue weighted by atomic mass is 10.1. The second-order valence-electron chi connectivity index (χ2n) is 6.35. The van der Waals surface area contributed by atoms with Crippen LogP contribution in [-0.2, 0) is 16.1 Å². The summed E-state index contributed by atoms with van der Waals surface area (Å²) in [6, 6.07) is 12.3. The zero-order chi connectivity index (χ0) is 22.2. The third kappa shape index (κ3) is 6.20. The van der Waals surface area contributed by atoms with Crippen LogP contribution in [0, 0.1) is 5.82 Å². The molecule has 3 rings (SSSR count). The molecule has 0 aliphatic carbocycles. The SMILES string of the molecule is COc1ccccc1Nc1nc(N)nc(COC(=O)CCC(=O)c2ccc(F)cc2)n1. The Morgan fingerprint density at radius 3 is 2.52 bits per heavy atom. The van der Waals surface area contributed by atoms with Gasteiger partial charge in [-0.15, -0.1) is 0 Å². The van der Waals surface area contributed by atoms with Gasteiger partial charge in [0.25, 0.3) is 0 Å². The second kappa shape index (κ2) is 10.1. The number of carbonyl (C=O) groups is 2. The highest BCUT2D eigenvalue weighted by molar-refractivity contribution is 5.97. The molecule has 31 heavy (non-hydrogen) atoms. The predicted octanol–water partition coefficient (Wildman–Crippen LogP) is 3.05. The molecule has 3 aromatic rings. The number of nitrogen functional groups attached to an aromatic ring is 1. The Balaban J connectivity index is 1.55. The summed E-state index contributed by atoms with van der Waals surface area (Å²) >= 11 is 0. The topological polar surface area (TPSA) is 129 Å². The fraction of sp³-hybridized carbons (Fsp3) is 0.190. The first kappa shape index (κ1) is 21.6. The number of para-hydroxylation sites is 2. The summed E-state index contributed by atoms with van der Waals surface area (Å²) < 4.78 is 23.3. The highest BCUT2D eigenvalue weighted by Gasteiger charge is 2.13. The minimum Gasteiger partial charge on any atom is -0.495 e. The van der Waals surface area contributed by atoms with Gasteiger partial charge in [-0.3, -0.25) is 9.59 Å². The van der Waals surface area contributed by atoms with Crippen molar-refractivity contribution in [2.24, 2.45) is 0 Å². The molecule has 3 N–H and O–H groups in total.